The molecule has 0 spiro atoms. The Labute approximate surface area is 186 Å². The van der Waals surface area contributed by atoms with Gasteiger partial charge in [-0.3, -0.25) is 15.0 Å². The van der Waals surface area contributed by atoms with E-state index < -0.39 is 16.5 Å². The summed E-state index contributed by atoms with van der Waals surface area (Å²) in [7, 11) is 5.77. The van der Waals surface area contributed by atoms with Crippen molar-refractivity contribution in [1.82, 2.24) is 9.47 Å². The Hall–Kier alpha value is -3.70. The van der Waals surface area contributed by atoms with Gasteiger partial charge in [0.1, 0.15) is 11.9 Å². The molecule has 3 aromatic rings. The van der Waals surface area contributed by atoms with E-state index in [0.717, 1.165) is 34.1 Å². The Morgan fingerprint density at radius 3 is 2.53 bits per heavy atom. The number of carbonyl (C=O) groups excluding carboxylic acids is 1. The van der Waals surface area contributed by atoms with Crippen LogP contribution < -0.4 is 5.32 Å². The highest BCUT2D eigenvalue weighted by molar-refractivity contribution is 5.96. The number of nitrogens with zero attached hydrogens (tertiary/aromatic N) is 4. The maximum absolute atomic E-state index is 11.3. The maximum Gasteiger partial charge on any atom is 0.269 e. The van der Waals surface area contributed by atoms with Gasteiger partial charge in [-0.25, -0.2) is 0 Å². The van der Waals surface area contributed by atoms with Crippen molar-refractivity contribution < 1.29 is 9.72 Å². The lowest BCUT2D eigenvalue weighted by Crippen LogP contribution is -2.57. The molecule has 0 fully saturated rings. The molecule has 0 amide bonds. The maximum atomic E-state index is 11.3. The molecule has 164 valence electrons. The quantitative estimate of drug-likeness (QED) is 0.357. The van der Waals surface area contributed by atoms with Crippen LogP contribution in [0.1, 0.15) is 30.0 Å². The van der Waals surface area contributed by atoms with Gasteiger partial charge in [0.25, 0.3) is 5.69 Å². The molecule has 3 atom stereocenters. The molecule has 0 aliphatic carbocycles. The van der Waals surface area contributed by atoms with E-state index in [2.05, 4.69) is 16.0 Å². The van der Waals surface area contributed by atoms with Crippen molar-refractivity contribution in [3.05, 3.63) is 69.9 Å². The molecule has 4 rings (SSSR count). The Bertz CT molecular complexity index is 1220. The second-order valence-electron chi connectivity index (χ2n) is 8.38. The molecule has 0 bridgehead atoms. The van der Waals surface area contributed by atoms with Crippen LogP contribution >= 0.6 is 0 Å². The molecule has 2 aromatic carbocycles. The van der Waals surface area contributed by atoms with E-state index in [1.54, 1.807) is 12.1 Å². The zero-order chi connectivity index (χ0) is 23.0. The van der Waals surface area contributed by atoms with Crippen LogP contribution in [0.15, 0.2) is 48.5 Å². The van der Waals surface area contributed by atoms with E-state index in [4.69, 9.17) is 0 Å². The van der Waals surface area contributed by atoms with Gasteiger partial charge in [0.15, 0.2) is 0 Å². The molecule has 2 heterocycles. The normalized spacial score (nSPS) is 22.2. The molecular weight excluding hydrogens is 406 g/mol. The Morgan fingerprint density at radius 1 is 1.25 bits per heavy atom. The highest BCUT2D eigenvalue weighted by Gasteiger charge is 2.52. The van der Waals surface area contributed by atoms with Crippen molar-refractivity contribution >= 4 is 28.6 Å². The van der Waals surface area contributed by atoms with Gasteiger partial charge in [-0.1, -0.05) is 18.2 Å². The number of aryl methyl sites for hydroxylation is 1. The van der Waals surface area contributed by atoms with Crippen molar-refractivity contribution in [2.75, 3.05) is 19.4 Å². The van der Waals surface area contributed by atoms with Crippen LogP contribution in [0.25, 0.3) is 10.9 Å². The summed E-state index contributed by atoms with van der Waals surface area (Å²) in [5, 5.41) is 26.3. The van der Waals surface area contributed by atoms with Crippen LogP contribution in [0.5, 0.6) is 0 Å². The Balaban J connectivity index is 2.01. The first-order chi connectivity index (χ1) is 15.4. The third kappa shape index (κ3) is 3.05. The van der Waals surface area contributed by atoms with Gasteiger partial charge >= 0.3 is 0 Å². The molecule has 3 unspecified atom stereocenters. The number of nitrogens with one attached hydrogen (secondary N) is 1. The number of carbonyl (C=O) groups is 1. The fourth-order valence-corrected chi connectivity index (χ4v) is 5.17. The molecule has 0 radical (unpaired) electrons. The molecule has 1 aliphatic heterocycles. The lowest BCUT2D eigenvalue weighted by atomic mass is 9.71. The first-order valence-corrected chi connectivity index (χ1v) is 10.5. The minimum absolute atomic E-state index is 0.00433. The lowest BCUT2D eigenvalue weighted by molar-refractivity contribution is -0.384. The number of nitriles is 1. The summed E-state index contributed by atoms with van der Waals surface area (Å²) in [5.74, 6) is -0.758. The van der Waals surface area contributed by atoms with E-state index in [0.29, 0.717) is 12.8 Å². The number of aldehydes is 1. The molecular formula is C24H25N5O3. The minimum Gasteiger partial charge on any atom is -0.360 e. The lowest BCUT2D eigenvalue weighted by Gasteiger charge is -2.50. The largest absolute Gasteiger partial charge is 0.360 e. The number of hydrogen-bond acceptors (Lipinski definition) is 6. The number of para-hydroxylation sites is 1. The fraction of sp³-hybridized carbons (Fsp3) is 0.333. The van der Waals surface area contributed by atoms with E-state index in [1.165, 1.54) is 12.1 Å². The summed E-state index contributed by atoms with van der Waals surface area (Å²) < 4.78 is 2.10. The van der Waals surface area contributed by atoms with Crippen LogP contribution in [0, 0.1) is 27.4 Å². The molecule has 32 heavy (non-hydrogen) atoms. The summed E-state index contributed by atoms with van der Waals surface area (Å²) in [4.78, 5) is 24.0. The number of non-ortho nitro benzene ring substituents is 1. The summed E-state index contributed by atoms with van der Waals surface area (Å²) >= 11 is 0. The average molecular weight is 431 g/mol. The van der Waals surface area contributed by atoms with E-state index in [-0.39, 0.29) is 11.6 Å². The first-order valence-electron chi connectivity index (χ1n) is 10.5. The topological polar surface area (TPSA) is 104 Å². The van der Waals surface area contributed by atoms with Crippen LogP contribution in [0.2, 0.25) is 0 Å². The van der Waals surface area contributed by atoms with E-state index in [1.807, 2.05) is 50.3 Å². The molecule has 0 saturated heterocycles. The second-order valence-corrected chi connectivity index (χ2v) is 8.38. The van der Waals surface area contributed by atoms with Crippen LogP contribution in [0.4, 0.5) is 11.4 Å². The number of benzene rings is 2. The van der Waals surface area contributed by atoms with Crippen molar-refractivity contribution in [1.29, 1.82) is 5.26 Å². The number of nitro benzene ring substituents is 1. The van der Waals surface area contributed by atoms with Crippen molar-refractivity contribution in [2.45, 2.75) is 24.4 Å². The van der Waals surface area contributed by atoms with Crippen molar-refractivity contribution in [2.24, 2.45) is 13.0 Å². The summed E-state index contributed by atoms with van der Waals surface area (Å²) in [6.07, 6.45) is 1.76. The SMILES string of the molecule is CN(C)C1(c2ccc([N+](=O)[O-])cc2)Nc2c(n(C)c3ccccc23)C(CCC=O)C1C#N. The van der Waals surface area contributed by atoms with Gasteiger partial charge in [-0.2, -0.15) is 5.26 Å². The van der Waals surface area contributed by atoms with E-state index in [9.17, 15) is 20.2 Å². The number of rotatable bonds is 6. The molecule has 1 aliphatic rings. The number of fused-ring (bicyclic) bond motifs is 3. The zero-order valence-electron chi connectivity index (χ0n) is 18.3. The van der Waals surface area contributed by atoms with Gasteiger partial charge in [0, 0.05) is 42.6 Å². The summed E-state index contributed by atoms with van der Waals surface area (Å²) in [5.41, 5.74) is 2.78. The van der Waals surface area contributed by atoms with Gasteiger partial charge in [0.2, 0.25) is 0 Å². The smallest absolute Gasteiger partial charge is 0.269 e. The zero-order valence-corrected chi connectivity index (χ0v) is 18.3. The second kappa shape index (κ2) is 8.09. The fourth-order valence-electron chi connectivity index (χ4n) is 5.17. The Morgan fingerprint density at radius 2 is 1.94 bits per heavy atom. The average Bonchev–Trinajstić information content (AvgIpc) is 3.08. The molecule has 1 N–H and O–H groups in total. The number of anilines is 1. The van der Waals surface area contributed by atoms with Gasteiger partial charge < -0.3 is 14.7 Å². The number of aromatic nitrogens is 1. The van der Waals surface area contributed by atoms with Crippen molar-refractivity contribution in [3.63, 3.8) is 0 Å². The standard InChI is InChI=1S/C24H25N5O3/c1-27(2)24(16-10-12-17(13-11-16)29(31)32)20(15-25)18(8-6-14-30)23-22(26-24)19-7-4-5-9-21(19)28(23)3/h4-5,7,9-14,18,20,26H,6,8H2,1-3H3. The monoisotopic (exact) mass is 431 g/mol. The molecule has 1 aromatic heterocycles. The highest BCUT2D eigenvalue weighted by Crippen LogP contribution is 2.53. The number of nitro groups is 1. The summed E-state index contributed by atoms with van der Waals surface area (Å²) in [6, 6.07) is 16.9. The van der Waals surface area contributed by atoms with Gasteiger partial charge in [-0.05, 0) is 44.3 Å². The first kappa shape index (κ1) is 21.5. The molecule has 8 nitrogen and oxygen atoms in total. The molecule has 8 heteroatoms. The highest BCUT2D eigenvalue weighted by atomic mass is 16.6. The summed E-state index contributed by atoms with van der Waals surface area (Å²) in [6.45, 7) is 0. The van der Waals surface area contributed by atoms with Crippen molar-refractivity contribution in [3.8, 4) is 6.07 Å². The van der Waals surface area contributed by atoms with Gasteiger partial charge in [0.05, 0.1) is 28.1 Å². The number of hydrogen-bond donors (Lipinski definition) is 1. The Kier molecular flexibility index (Phi) is 5.45. The third-order valence-electron chi connectivity index (χ3n) is 6.63. The van der Waals surface area contributed by atoms with E-state index >= 15 is 0 Å². The molecule has 0 saturated carbocycles. The van der Waals surface area contributed by atoms with Crippen LogP contribution in [-0.4, -0.2) is 34.8 Å². The predicted octanol–water partition coefficient (Wildman–Crippen LogP) is 4.13. The van der Waals surface area contributed by atoms with Crippen LogP contribution in [0.3, 0.4) is 0 Å². The van der Waals surface area contributed by atoms with Crippen LogP contribution in [-0.2, 0) is 17.5 Å². The third-order valence-corrected chi connectivity index (χ3v) is 6.63. The minimum atomic E-state index is -0.936. The predicted molar refractivity (Wildman–Crippen MR) is 122 cm³/mol. The van der Waals surface area contributed by atoms with Gasteiger partial charge in [-0.15, -0.1) is 0 Å².